The predicted octanol–water partition coefficient (Wildman–Crippen LogP) is 3.66. The van der Waals surface area contributed by atoms with Crippen molar-refractivity contribution in [2.24, 2.45) is 11.8 Å². The van der Waals surface area contributed by atoms with Crippen molar-refractivity contribution in [1.29, 1.82) is 0 Å². The van der Waals surface area contributed by atoms with Gasteiger partial charge in [0.2, 0.25) is 5.88 Å². The van der Waals surface area contributed by atoms with Gasteiger partial charge in [0.25, 0.3) is 0 Å². The molecule has 2 saturated carbocycles. The molecule has 0 radical (unpaired) electrons. The Kier molecular flexibility index (Phi) is 3.26. The molecule has 2 atom stereocenters. The average molecular weight is 320 g/mol. The van der Waals surface area contributed by atoms with E-state index in [2.05, 4.69) is 21.0 Å². The van der Waals surface area contributed by atoms with E-state index < -0.39 is 0 Å². The highest BCUT2D eigenvalue weighted by molar-refractivity contribution is 6.30. The predicted molar refractivity (Wildman–Crippen MR) is 83.5 cm³/mol. The minimum atomic E-state index is 0.287. The molecule has 2 unspecified atom stereocenters. The van der Waals surface area contributed by atoms with Gasteiger partial charge < -0.3 is 14.5 Å². The first-order chi connectivity index (χ1) is 10.7. The summed E-state index contributed by atoms with van der Waals surface area (Å²) in [6.45, 7) is 0. The lowest BCUT2D eigenvalue weighted by Crippen LogP contribution is -1.97. The molecule has 2 heterocycles. The van der Waals surface area contributed by atoms with Crippen molar-refractivity contribution in [2.45, 2.75) is 25.2 Å². The third-order valence-electron chi connectivity index (χ3n) is 4.66. The van der Waals surface area contributed by atoms with Gasteiger partial charge in [-0.2, -0.15) is 4.98 Å². The van der Waals surface area contributed by atoms with Crippen LogP contribution in [0.1, 0.15) is 30.7 Å². The van der Waals surface area contributed by atoms with Crippen LogP contribution in [0.2, 0.25) is 5.15 Å². The number of methoxy groups -OCH3 is 2. The number of ether oxygens (including phenoxy) is 2. The number of hydrogen-bond donors (Lipinski definition) is 1. The van der Waals surface area contributed by atoms with Gasteiger partial charge in [-0.3, -0.25) is 0 Å². The molecule has 0 spiro atoms. The van der Waals surface area contributed by atoms with Crippen molar-refractivity contribution in [3.8, 4) is 23.1 Å². The van der Waals surface area contributed by atoms with E-state index in [1.807, 2.05) is 0 Å². The summed E-state index contributed by atoms with van der Waals surface area (Å²) in [6, 6.07) is 2.40. The zero-order valence-corrected chi connectivity index (χ0v) is 13.4. The van der Waals surface area contributed by atoms with Gasteiger partial charge in [0.05, 0.1) is 25.5 Å². The zero-order valence-electron chi connectivity index (χ0n) is 12.6. The van der Waals surface area contributed by atoms with E-state index in [9.17, 15) is 0 Å². The number of hydrogen-bond acceptors (Lipinski definition) is 4. The molecule has 6 heteroatoms. The molecule has 4 rings (SSSR count). The minimum absolute atomic E-state index is 0.287. The Balaban J connectivity index is 1.65. The van der Waals surface area contributed by atoms with Gasteiger partial charge >= 0.3 is 6.01 Å². The van der Waals surface area contributed by atoms with E-state index in [-0.39, 0.29) is 6.01 Å². The van der Waals surface area contributed by atoms with Crippen molar-refractivity contribution in [3.05, 3.63) is 23.0 Å². The van der Waals surface area contributed by atoms with Crippen LogP contribution in [0.5, 0.6) is 11.9 Å². The highest BCUT2D eigenvalue weighted by Gasteiger charge is 2.49. The minimum Gasteiger partial charge on any atom is -0.480 e. The topological polar surface area (TPSA) is 60.0 Å². The summed E-state index contributed by atoms with van der Waals surface area (Å²) in [5.41, 5.74) is 2.90. The third kappa shape index (κ3) is 2.33. The smallest absolute Gasteiger partial charge is 0.319 e. The lowest BCUT2D eigenvalue weighted by molar-refractivity contribution is 0.353. The summed E-state index contributed by atoms with van der Waals surface area (Å²) < 4.78 is 10.4. The first-order valence-electron chi connectivity index (χ1n) is 7.55. The van der Waals surface area contributed by atoms with Crippen LogP contribution in [0.3, 0.4) is 0 Å². The van der Waals surface area contributed by atoms with E-state index in [0.717, 1.165) is 28.2 Å². The Morgan fingerprint density at radius 3 is 2.77 bits per heavy atom. The normalized spacial score (nSPS) is 23.4. The molecule has 22 heavy (non-hydrogen) atoms. The maximum Gasteiger partial charge on any atom is 0.319 e. The SMILES string of the molecule is COc1ncc(-c2cc(C3CC3C3CC3)c(Cl)[nH]2)c(OC)n1. The maximum absolute atomic E-state index is 6.41. The standard InChI is InChI=1S/C16H18ClN3O2/c1-21-15-12(7-18-16(20-15)22-2)13-6-11(14(17)19-13)10-5-9(10)8-3-4-8/h6-10,19H,3-5H2,1-2H3. The molecule has 2 aromatic rings. The summed E-state index contributed by atoms with van der Waals surface area (Å²) in [4.78, 5) is 11.6. The third-order valence-corrected chi connectivity index (χ3v) is 4.97. The number of H-pyrrole nitrogens is 1. The summed E-state index contributed by atoms with van der Waals surface area (Å²) in [6.07, 6.45) is 5.73. The number of nitrogens with one attached hydrogen (secondary N) is 1. The summed E-state index contributed by atoms with van der Waals surface area (Å²) >= 11 is 6.41. The molecule has 5 nitrogen and oxygen atoms in total. The van der Waals surface area contributed by atoms with Crippen LogP contribution < -0.4 is 9.47 Å². The highest BCUT2D eigenvalue weighted by Crippen LogP contribution is 2.60. The van der Waals surface area contributed by atoms with Crippen molar-refractivity contribution < 1.29 is 9.47 Å². The quantitative estimate of drug-likeness (QED) is 0.913. The zero-order chi connectivity index (χ0) is 15.3. The molecule has 0 saturated heterocycles. The number of nitrogens with zero attached hydrogens (tertiary/aromatic N) is 2. The Labute approximate surface area is 134 Å². The summed E-state index contributed by atoms with van der Waals surface area (Å²) in [7, 11) is 3.12. The Hall–Kier alpha value is -1.75. The van der Waals surface area contributed by atoms with E-state index >= 15 is 0 Å². The summed E-state index contributed by atoms with van der Waals surface area (Å²) in [5, 5.41) is 0.723. The molecule has 2 aromatic heterocycles. The lowest BCUT2D eigenvalue weighted by atomic mass is 10.1. The van der Waals surface area contributed by atoms with Gasteiger partial charge in [0, 0.05) is 6.20 Å². The highest BCUT2D eigenvalue weighted by atomic mass is 35.5. The molecule has 2 fully saturated rings. The number of aromatic amines is 1. The van der Waals surface area contributed by atoms with Gasteiger partial charge in [-0.1, -0.05) is 11.6 Å². The molecule has 0 aliphatic heterocycles. The van der Waals surface area contributed by atoms with Crippen molar-refractivity contribution in [2.75, 3.05) is 14.2 Å². The summed E-state index contributed by atoms with van der Waals surface area (Å²) in [5.74, 6) is 2.84. The second-order valence-corrected chi connectivity index (χ2v) is 6.45. The molecule has 2 aliphatic rings. The average Bonchev–Trinajstić information content (AvgIpc) is 3.43. The fraction of sp³-hybridized carbons (Fsp3) is 0.500. The first kappa shape index (κ1) is 13.9. The van der Waals surface area contributed by atoms with Gasteiger partial charge in [-0.25, -0.2) is 4.98 Å². The molecule has 1 N–H and O–H groups in total. The Morgan fingerprint density at radius 1 is 1.27 bits per heavy atom. The van der Waals surface area contributed by atoms with E-state index in [1.165, 1.54) is 31.9 Å². The second kappa shape index (κ2) is 5.16. The molecule has 0 amide bonds. The van der Waals surface area contributed by atoms with Crippen LogP contribution in [-0.2, 0) is 0 Å². The van der Waals surface area contributed by atoms with Gasteiger partial charge in [0.1, 0.15) is 5.15 Å². The molecule has 116 valence electrons. The fourth-order valence-electron chi connectivity index (χ4n) is 3.27. The van der Waals surface area contributed by atoms with Gasteiger partial charge in [-0.15, -0.1) is 0 Å². The Bertz CT molecular complexity index is 711. The van der Waals surface area contributed by atoms with E-state index in [0.29, 0.717) is 11.8 Å². The fourth-order valence-corrected chi connectivity index (χ4v) is 3.56. The van der Waals surface area contributed by atoms with Crippen molar-refractivity contribution >= 4 is 11.6 Å². The maximum atomic E-state index is 6.41. The first-order valence-corrected chi connectivity index (χ1v) is 7.93. The molecule has 2 aliphatic carbocycles. The van der Waals surface area contributed by atoms with Crippen LogP contribution in [-0.4, -0.2) is 29.2 Å². The molecular formula is C16H18ClN3O2. The van der Waals surface area contributed by atoms with Crippen LogP contribution in [0.25, 0.3) is 11.3 Å². The number of aromatic nitrogens is 3. The largest absolute Gasteiger partial charge is 0.480 e. The van der Waals surface area contributed by atoms with Crippen LogP contribution in [0, 0.1) is 11.8 Å². The van der Waals surface area contributed by atoms with Crippen molar-refractivity contribution in [3.63, 3.8) is 0 Å². The number of halogens is 1. The van der Waals surface area contributed by atoms with Gasteiger partial charge in [0.15, 0.2) is 0 Å². The van der Waals surface area contributed by atoms with Gasteiger partial charge in [-0.05, 0) is 48.6 Å². The molecular weight excluding hydrogens is 302 g/mol. The lowest BCUT2D eigenvalue weighted by Gasteiger charge is -2.06. The van der Waals surface area contributed by atoms with E-state index in [1.54, 1.807) is 13.3 Å². The number of rotatable bonds is 5. The van der Waals surface area contributed by atoms with Crippen molar-refractivity contribution in [1.82, 2.24) is 15.0 Å². The van der Waals surface area contributed by atoms with Crippen LogP contribution >= 0.6 is 11.6 Å². The second-order valence-electron chi connectivity index (χ2n) is 6.08. The molecule has 0 aromatic carbocycles. The van der Waals surface area contributed by atoms with E-state index in [4.69, 9.17) is 21.1 Å². The Morgan fingerprint density at radius 2 is 2.09 bits per heavy atom. The monoisotopic (exact) mass is 319 g/mol. The molecule has 0 bridgehead atoms. The van der Waals surface area contributed by atoms with Crippen LogP contribution in [0.4, 0.5) is 0 Å². The van der Waals surface area contributed by atoms with Crippen LogP contribution in [0.15, 0.2) is 12.3 Å².